The van der Waals surface area contributed by atoms with Gasteiger partial charge in [0.25, 0.3) is 0 Å². The minimum absolute atomic E-state index is 0.0780. The minimum Gasteiger partial charge on any atom is -0.466 e. The highest BCUT2D eigenvalue weighted by Crippen LogP contribution is 1.98. The van der Waals surface area contributed by atoms with Crippen LogP contribution in [0.2, 0.25) is 0 Å². The molecule has 0 rings (SSSR count). The van der Waals surface area contributed by atoms with Crippen molar-refractivity contribution in [2.45, 2.75) is 33.2 Å². The fourth-order valence-electron chi connectivity index (χ4n) is 1.29. The van der Waals surface area contributed by atoms with Crippen LogP contribution in [0.4, 0.5) is 0 Å². The van der Waals surface area contributed by atoms with Crippen LogP contribution in [-0.4, -0.2) is 50.3 Å². The number of carbonyl (C=O) groups excluding carboxylic acids is 3. The second kappa shape index (κ2) is 10.3. The summed E-state index contributed by atoms with van der Waals surface area (Å²) in [5.41, 5.74) is 0. The van der Waals surface area contributed by atoms with Gasteiger partial charge in [-0.25, -0.2) is 0 Å². The molecule has 0 aliphatic carbocycles. The standard InChI is InChI=1S/C12H21NO6/c1-4-17-11(15)8-13-10(12(16)18-5-2)6-7-19-9(3)14/h10,13H,4-8H2,1-3H3/t10-/m1/s1. The van der Waals surface area contributed by atoms with Gasteiger partial charge in [-0.05, 0) is 13.8 Å². The Labute approximate surface area is 112 Å². The molecule has 110 valence electrons. The molecule has 0 saturated carbocycles. The summed E-state index contributed by atoms with van der Waals surface area (Å²) in [6.45, 7) is 5.16. The largest absolute Gasteiger partial charge is 0.466 e. The van der Waals surface area contributed by atoms with Gasteiger partial charge in [-0.15, -0.1) is 0 Å². The molecule has 0 aliphatic heterocycles. The zero-order valence-corrected chi connectivity index (χ0v) is 11.6. The van der Waals surface area contributed by atoms with Crippen molar-refractivity contribution in [3.63, 3.8) is 0 Å². The van der Waals surface area contributed by atoms with E-state index in [1.54, 1.807) is 13.8 Å². The molecule has 1 N–H and O–H groups in total. The topological polar surface area (TPSA) is 90.9 Å². The van der Waals surface area contributed by atoms with Gasteiger partial charge in [-0.2, -0.15) is 0 Å². The molecule has 1 atom stereocenters. The zero-order valence-electron chi connectivity index (χ0n) is 11.6. The molecule has 7 heteroatoms. The summed E-state index contributed by atoms with van der Waals surface area (Å²) in [5, 5.41) is 2.72. The van der Waals surface area contributed by atoms with Crippen LogP contribution in [0.1, 0.15) is 27.2 Å². The Balaban J connectivity index is 4.20. The first-order valence-electron chi connectivity index (χ1n) is 6.20. The summed E-state index contributed by atoms with van der Waals surface area (Å²) in [7, 11) is 0. The minimum atomic E-state index is -0.705. The molecule has 0 aromatic rings. The van der Waals surface area contributed by atoms with Crippen molar-refractivity contribution in [1.29, 1.82) is 0 Å². The molecule has 0 unspecified atom stereocenters. The lowest BCUT2D eigenvalue weighted by Gasteiger charge is -2.16. The number of rotatable bonds is 9. The third-order valence-corrected chi connectivity index (χ3v) is 2.08. The maximum absolute atomic E-state index is 11.6. The molecular weight excluding hydrogens is 254 g/mol. The van der Waals surface area contributed by atoms with Gasteiger partial charge in [-0.1, -0.05) is 0 Å². The van der Waals surface area contributed by atoms with E-state index in [2.05, 4.69) is 5.32 Å². The molecule has 7 nitrogen and oxygen atoms in total. The maximum atomic E-state index is 11.6. The first kappa shape index (κ1) is 17.4. The Morgan fingerprint density at radius 1 is 1.05 bits per heavy atom. The van der Waals surface area contributed by atoms with Crippen molar-refractivity contribution in [2.75, 3.05) is 26.4 Å². The van der Waals surface area contributed by atoms with Gasteiger partial charge in [-0.3, -0.25) is 19.7 Å². The van der Waals surface area contributed by atoms with Crippen LogP contribution in [0.5, 0.6) is 0 Å². The Hall–Kier alpha value is -1.63. The van der Waals surface area contributed by atoms with Gasteiger partial charge < -0.3 is 14.2 Å². The molecule has 0 radical (unpaired) electrons. The number of ether oxygens (including phenoxy) is 3. The normalized spacial score (nSPS) is 11.5. The average molecular weight is 275 g/mol. The van der Waals surface area contributed by atoms with Crippen LogP contribution >= 0.6 is 0 Å². The van der Waals surface area contributed by atoms with E-state index in [-0.39, 0.29) is 32.8 Å². The van der Waals surface area contributed by atoms with Gasteiger partial charge in [0.15, 0.2) is 0 Å². The highest BCUT2D eigenvalue weighted by Gasteiger charge is 2.20. The third-order valence-electron chi connectivity index (χ3n) is 2.08. The van der Waals surface area contributed by atoms with Crippen LogP contribution in [0.15, 0.2) is 0 Å². The molecular formula is C12H21NO6. The molecule has 0 aromatic carbocycles. The predicted octanol–water partition coefficient (Wildman–Crippen LogP) is 0.0240. The lowest BCUT2D eigenvalue weighted by Crippen LogP contribution is -2.42. The summed E-state index contributed by atoms with van der Waals surface area (Å²) >= 11 is 0. The SMILES string of the molecule is CCOC(=O)CN[C@H](CCOC(C)=O)C(=O)OCC. The van der Waals surface area contributed by atoms with Crippen LogP contribution in [0.25, 0.3) is 0 Å². The van der Waals surface area contributed by atoms with Gasteiger partial charge in [0.2, 0.25) is 0 Å². The van der Waals surface area contributed by atoms with E-state index >= 15 is 0 Å². The highest BCUT2D eigenvalue weighted by atomic mass is 16.5. The van der Waals surface area contributed by atoms with Crippen LogP contribution < -0.4 is 5.32 Å². The molecule has 0 bridgehead atoms. The number of hydrogen-bond acceptors (Lipinski definition) is 7. The molecule has 0 heterocycles. The summed E-state index contributed by atoms with van der Waals surface area (Å²) in [6.07, 6.45) is 0.234. The summed E-state index contributed by atoms with van der Waals surface area (Å²) in [6, 6.07) is -0.705. The third kappa shape index (κ3) is 9.01. The van der Waals surface area contributed by atoms with E-state index < -0.39 is 23.9 Å². The quantitative estimate of drug-likeness (QED) is 0.468. The lowest BCUT2D eigenvalue weighted by atomic mass is 10.2. The second-order valence-electron chi connectivity index (χ2n) is 3.62. The van der Waals surface area contributed by atoms with Crippen molar-refractivity contribution in [1.82, 2.24) is 5.32 Å². The van der Waals surface area contributed by atoms with Crippen molar-refractivity contribution >= 4 is 17.9 Å². The van der Waals surface area contributed by atoms with E-state index in [9.17, 15) is 14.4 Å². The monoisotopic (exact) mass is 275 g/mol. The average Bonchev–Trinajstić information content (AvgIpc) is 2.33. The van der Waals surface area contributed by atoms with Gasteiger partial charge in [0.05, 0.1) is 26.4 Å². The number of hydrogen-bond donors (Lipinski definition) is 1. The number of nitrogens with one attached hydrogen (secondary N) is 1. The van der Waals surface area contributed by atoms with Crippen molar-refractivity contribution < 1.29 is 28.6 Å². The van der Waals surface area contributed by atoms with Crippen LogP contribution in [0, 0.1) is 0 Å². The zero-order chi connectivity index (χ0) is 14.7. The van der Waals surface area contributed by atoms with Gasteiger partial charge in [0, 0.05) is 13.3 Å². The molecule has 0 aliphatic rings. The van der Waals surface area contributed by atoms with Crippen LogP contribution in [0.3, 0.4) is 0 Å². The first-order valence-corrected chi connectivity index (χ1v) is 6.20. The molecule has 19 heavy (non-hydrogen) atoms. The van der Waals surface area contributed by atoms with Gasteiger partial charge >= 0.3 is 17.9 Å². The van der Waals surface area contributed by atoms with Gasteiger partial charge in [0.1, 0.15) is 6.04 Å². The number of carbonyl (C=O) groups is 3. The highest BCUT2D eigenvalue weighted by molar-refractivity contribution is 5.77. The molecule has 0 saturated heterocycles. The van der Waals surface area contributed by atoms with Crippen LogP contribution in [-0.2, 0) is 28.6 Å². The molecule has 0 fully saturated rings. The fraction of sp³-hybridized carbons (Fsp3) is 0.750. The summed E-state index contributed by atoms with van der Waals surface area (Å²) in [5.74, 6) is -1.36. The second-order valence-corrected chi connectivity index (χ2v) is 3.62. The van der Waals surface area contributed by atoms with E-state index in [1.165, 1.54) is 6.92 Å². The Morgan fingerprint density at radius 2 is 1.68 bits per heavy atom. The van der Waals surface area contributed by atoms with Crippen molar-refractivity contribution in [3.05, 3.63) is 0 Å². The summed E-state index contributed by atoms with van der Waals surface area (Å²) in [4.78, 5) is 33.4. The summed E-state index contributed by atoms with van der Waals surface area (Å²) < 4.78 is 14.3. The Morgan fingerprint density at radius 3 is 2.21 bits per heavy atom. The smallest absolute Gasteiger partial charge is 0.323 e. The lowest BCUT2D eigenvalue weighted by molar-refractivity contribution is -0.149. The fourth-order valence-corrected chi connectivity index (χ4v) is 1.29. The molecule has 0 amide bonds. The Bertz CT molecular complexity index is 305. The predicted molar refractivity (Wildman–Crippen MR) is 66.3 cm³/mol. The van der Waals surface area contributed by atoms with Crippen molar-refractivity contribution in [2.24, 2.45) is 0 Å². The Kier molecular flexibility index (Phi) is 9.42. The van der Waals surface area contributed by atoms with E-state index in [0.29, 0.717) is 0 Å². The van der Waals surface area contributed by atoms with E-state index in [1.807, 2.05) is 0 Å². The molecule has 0 spiro atoms. The van der Waals surface area contributed by atoms with Crippen molar-refractivity contribution in [3.8, 4) is 0 Å². The van der Waals surface area contributed by atoms with E-state index in [4.69, 9.17) is 14.2 Å². The number of esters is 3. The molecule has 0 aromatic heterocycles. The first-order chi connectivity index (χ1) is 9.01. The maximum Gasteiger partial charge on any atom is 0.323 e. The van der Waals surface area contributed by atoms with E-state index in [0.717, 1.165) is 0 Å².